The molecule has 152 valence electrons. The van der Waals surface area contributed by atoms with E-state index in [0.29, 0.717) is 42.4 Å². The lowest BCUT2D eigenvalue weighted by molar-refractivity contribution is 0.0953. The second-order valence-corrected chi connectivity index (χ2v) is 7.13. The van der Waals surface area contributed by atoms with Crippen LogP contribution in [-0.4, -0.2) is 32.4 Å². The zero-order valence-electron chi connectivity index (χ0n) is 17.0. The fourth-order valence-electron chi connectivity index (χ4n) is 3.16. The molecule has 0 fully saturated rings. The molecular weight excluding hydrogens is 378 g/mol. The highest BCUT2D eigenvalue weighted by Gasteiger charge is 2.18. The summed E-state index contributed by atoms with van der Waals surface area (Å²) in [7, 11) is 0. The summed E-state index contributed by atoms with van der Waals surface area (Å²) in [4.78, 5) is 17.1. The van der Waals surface area contributed by atoms with Gasteiger partial charge in [0.15, 0.2) is 5.82 Å². The van der Waals surface area contributed by atoms with E-state index in [2.05, 4.69) is 15.5 Å². The monoisotopic (exact) mass is 401 g/mol. The third-order valence-corrected chi connectivity index (χ3v) is 4.73. The lowest BCUT2D eigenvalue weighted by atomic mass is 10.1. The smallest absolute Gasteiger partial charge is 0.255 e. The van der Waals surface area contributed by atoms with E-state index in [9.17, 15) is 4.79 Å². The summed E-state index contributed by atoms with van der Waals surface area (Å²) in [6, 6.07) is 17.8. The molecule has 0 aliphatic carbocycles. The summed E-state index contributed by atoms with van der Waals surface area (Å²) in [5.41, 5.74) is 4.17. The minimum atomic E-state index is -0.158. The molecule has 1 N–H and O–H groups in total. The van der Waals surface area contributed by atoms with Gasteiger partial charge in [0, 0.05) is 24.7 Å². The zero-order valence-corrected chi connectivity index (χ0v) is 17.0. The van der Waals surface area contributed by atoms with Gasteiger partial charge in [-0.05, 0) is 32.4 Å². The van der Waals surface area contributed by atoms with E-state index in [1.807, 2.05) is 61.5 Å². The maximum atomic E-state index is 12.9. The van der Waals surface area contributed by atoms with Crippen LogP contribution in [0.15, 0.2) is 65.3 Å². The maximum absolute atomic E-state index is 12.9. The summed E-state index contributed by atoms with van der Waals surface area (Å²) in [5, 5.41) is 11.5. The minimum Gasteiger partial charge on any atom is -0.352 e. The van der Waals surface area contributed by atoms with Gasteiger partial charge in [0.25, 0.3) is 5.91 Å². The average Bonchev–Trinajstić information content (AvgIpc) is 3.39. The van der Waals surface area contributed by atoms with Crippen molar-refractivity contribution in [3.8, 4) is 16.9 Å². The number of nitrogens with zero attached hydrogens (tertiary/aromatic N) is 4. The molecule has 2 aromatic carbocycles. The van der Waals surface area contributed by atoms with Gasteiger partial charge in [0.05, 0.1) is 11.3 Å². The molecule has 1 amide bonds. The molecule has 0 aliphatic rings. The Morgan fingerprint density at radius 3 is 2.53 bits per heavy atom. The number of hydrogen-bond acceptors (Lipinski definition) is 5. The molecule has 0 atom stereocenters. The first-order chi connectivity index (χ1) is 14.6. The van der Waals surface area contributed by atoms with Gasteiger partial charge >= 0.3 is 0 Å². The molecule has 0 unspecified atom stereocenters. The topological polar surface area (TPSA) is 85.8 Å². The molecule has 0 aliphatic heterocycles. The van der Waals surface area contributed by atoms with E-state index < -0.39 is 0 Å². The summed E-state index contributed by atoms with van der Waals surface area (Å²) < 4.78 is 6.85. The van der Waals surface area contributed by atoms with Crippen molar-refractivity contribution >= 4 is 5.91 Å². The van der Waals surface area contributed by atoms with E-state index in [4.69, 9.17) is 9.62 Å². The molecule has 0 spiro atoms. The van der Waals surface area contributed by atoms with Gasteiger partial charge in [-0.2, -0.15) is 10.1 Å². The summed E-state index contributed by atoms with van der Waals surface area (Å²) in [5.74, 6) is 1.04. The highest BCUT2D eigenvalue weighted by Crippen LogP contribution is 2.23. The van der Waals surface area contributed by atoms with Gasteiger partial charge in [0.2, 0.25) is 5.89 Å². The van der Waals surface area contributed by atoms with Crippen LogP contribution in [0.4, 0.5) is 0 Å². The first-order valence-electron chi connectivity index (χ1n) is 9.89. The van der Waals surface area contributed by atoms with Gasteiger partial charge in [-0.15, -0.1) is 0 Å². The Morgan fingerprint density at radius 2 is 1.83 bits per heavy atom. The predicted octanol–water partition coefficient (Wildman–Crippen LogP) is 3.90. The molecular formula is C23H23N5O2. The third kappa shape index (κ3) is 4.46. The maximum Gasteiger partial charge on any atom is 0.255 e. The van der Waals surface area contributed by atoms with Crippen LogP contribution >= 0.6 is 0 Å². The van der Waals surface area contributed by atoms with Gasteiger partial charge in [-0.1, -0.05) is 53.2 Å². The van der Waals surface area contributed by atoms with Gasteiger partial charge in [-0.3, -0.25) is 4.79 Å². The predicted molar refractivity (Wildman–Crippen MR) is 113 cm³/mol. The fraction of sp³-hybridized carbons (Fsp3) is 0.217. The van der Waals surface area contributed by atoms with Crippen LogP contribution in [0, 0.1) is 13.8 Å². The Hall–Kier alpha value is -3.74. The number of amides is 1. The van der Waals surface area contributed by atoms with Crippen molar-refractivity contribution in [3.05, 3.63) is 83.6 Å². The van der Waals surface area contributed by atoms with Crippen molar-refractivity contribution in [1.82, 2.24) is 25.2 Å². The SMILES string of the molecule is Cc1ccc(-n2cc(C(=O)NCCCc3nc(C)no3)c(-c3ccccc3)n2)cc1. The van der Waals surface area contributed by atoms with Crippen LogP contribution in [0.25, 0.3) is 16.9 Å². The molecule has 7 heteroatoms. The van der Waals surface area contributed by atoms with Gasteiger partial charge in [0.1, 0.15) is 5.69 Å². The third-order valence-electron chi connectivity index (χ3n) is 4.73. The number of aryl methyl sites for hydroxylation is 3. The van der Waals surface area contributed by atoms with E-state index >= 15 is 0 Å². The molecule has 0 bridgehead atoms. The normalized spacial score (nSPS) is 10.9. The van der Waals surface area contributed by atoms with Crippen molar-refractivity contribution < 1.29 is 9.32 Å². The number of carbonyl (C=O) groups excluding carboxylic acids is 1. The highest BCUT2D eigenvalue weighted by atomic mass is 16.5. The first kappa shape index (κ1) is 19.6. The van der Waals surface area contributed by atoms with Crippen LogP contribution in [0.5, 0.6) is 0 Å². The lowest BCUT2D eigenvalue weighted by Gasteiger charge is -2.04. The Balaban J connectivity index is 1.52. The summed E-state index contributed by atoms with van der Waals surface area (Å²) in [6.07, 6.45) is 3.11. The molecule has 0 radical (unpaired) electrons. The van der Waals surface area contributed by atoms with E-state index in [-0.39, 0.29) is 5.91 Å². The zero-order chi connectivity index (χ0) is 20.9. The van der Waals surface area contributed by atoms with Crippen molar-refractivity contribution in [1.29, 1.82) is 0 Å². The Labute approximate surface area is 174 Å². The second-order valence-electron chi connectivity index (χ2n) is 7.13. The minimum absolute atomic E-state index is 0.158. The van der Waals surface area contributed by atoms with E-state index in [1.54, 1.807) is 17.8 Å². The number of benzene rings is 2. The number of nitrogens with one attached hydrogen (secondary N) is 1. The largest absolute Gasteiger partial charge is 0.352 e. The molecule has 0 saturated carbocycles. The van der Waals surface area contributed by atoms with Crippen molar-refractivity contribution in [2.75, 3.05) is 6.54 Å². The molecule has 4 rings (SSSR count). The van der Waals surface area contributed by atoms with Crippen molar-refractivity contribution in [3.63, 3.8) is 0 Å². The number of carbonyl (C=O) groups is 1. The van der Waals surface area contributed by atoms with Crippen LogP contribution in [0.2, 0.25) is 0 Å². The van der Waals surface area contributed by atoms with Crippen molar-refractivity contribution in [2.45, 2.75) is 26.7 Å². The van der Waals surface area contributed by atoms with Crippen LogP contribution in [0.3, 0.4) is 0 Å². The molecule has 30 heavy (non-hydrogen) atoms. The molecule has 2 aromatic heterocycles. The summed E-state index contributed by atoms with van der Waals surface area (Å²) >= 11 is 0. The molecule has 4 aromatic rings. The van der Waals surface area contributed by atoms with Crippen molar-refractivity contribution in [2.24, 2.45) is 0 Å². The fourth-order valence-corrected chi connectivity index (χ4v) is 3.16. The second kappa shape index (κ2) is 8.73. The van der Waals surface area contributed by atoms with E-state index in [0.717, 1.165) is 11.3 Å². The molecule has 7 nitrogen and oxygen atoms in total. The number of rotatable bonds is 7. The highest BCUT2D eigenvalue weighted by molar-refractivity contribution is 5.99. The average molecular weight is 401 g/mol. The number of aromatic nitrogens is 4. The summed E-state index contributed by atoms with van der Waals surface area (Å²) in [6.45, 7) is 4.33. The molecule has 0 saturated heterocycles. The quantitative estimate of drug-likeness (QED) is 0.475. The van der Waals surface area contributed by atoms with Crippen LogP contribution in [-0.2, 0) is 6.42 Å². The van der Waals surface area contributed by atoms with Gasteiger partial charge < -0.3 is 9.84 Å². The number of hydrogen-bond donors (Lipinski definition) is 1. The Morgan fingerprint density at radius 1 is 1.07 bits per heavy atom. The van der Waals surface area contributed by atoms with Crippen LogP contribution < -0.4 is 5.32 Å². The standard InChI is InChI=1S/C23H23N5O2/c1-16-10-12-19(13-11-16)28-15-20(22(26-28)18-7-4-3-5-8-18)23(29)24-14-6-9-21-25-17(2)27-30-21/h3-5,7-8,10-13,15H,6,9,14H2,1-2H3,(H,24,29). The Kier molecular flexibility index (Phi) is 5.70. The first-order valence-corrected chi connectivity index (χ1v) is 9.89. The van der Waals surface area contributed by atoms with E-state index in [1.165, 1.54) is 5.56 Å². The van der Waals surface area contributed by atoms with Crippen LogP contribution in [0.1, 0.15) is 34.1 Å². The Bertz CT molecular complexity index is 1130. The van der Waals surface area contributed by atoms with Gasteiger partial charge in [-0.25, -0.2) is 4.68 Å². The molecule has 2 heterocycles. The lowest BCUT2D eigenvalue weighted by Crippen LogP contribution is -2.25.